The van der Waals surface area contributed by atoms with E-state index in [0.717, 1.165) is 31.5 Å². The van der Waals surface area contributed by atoms with Crippen LogP contribution in [0.25, 0.3) is 0 Å². The van der Waals surface area contributed by atoms with Crippen molar-refractivity contribution < 1.29 is 14.3 Å². The molecule has 0 radical (unpaired) electrons. The number of amides is 1. The molecule has 6 heteroatoms. The highest BCUT2D eigenvalue weighted by molar-refractivity contribution is 5.79. The molecule has 1 aromatic carbocycles. The minimum Gasteiger partial charge on any atom is -0.399 e. The third kappa shape index (κ3) is 3.38. The Kier molecular flexibility index (Phi) is 5.32. The second-order valence-corrected chi connectivity index (χ2v) is 7.08. The van der Waals surface area contributed by atoms with E-state index in [1.165, 1.54) is 6.42 Å². The molecular weight excluding hydrogens is 318 g/mol. The highest BCUT2D eigenvalue weighted by Crippen LogP contribution is 2.41. The van der Waals surface area contributed by atoms with Crippen molar-refractivity contribution in [1.82, 2.24) is 9.80 Å². The van der Waals surface area contributed by atoms with Crippen LogP contribution >= 0.6 is 0 Å². The van der Waals surface area contributed by atoms with Gasteiger partial charge >= 0.3 is 0 Å². The van der Waals surface area contributed by atoms with Crippen molar-refractivity contribution in [2.75, 3.05) is 40.1 Å². The van der Waals surface area contributed by atoms with Gasteiger partial charge in [0.05, 0.1) is 18.5 Å². The first-order valence-corrected chi connectivity index (χ1v) is 8.95. The summed E-state index contributed by atoms with van der Waals surface area (Å²) in [6.45, 7) is 2.07. The molecule has 0 bridgehead atoms. The van der Waals surface area contributed by atoms with Crippen molar-refractivity contribution in [2.45, 2.75) is 43.6 Å². The predicted octanol–water partition coefficient (Wildman–Crippen LogP) is 1.50. The Bertz CT molecular complexity index is 596. The first kappa shape index (κ1) is 18.2. The summed E-state index contributed by atoms with van der Waals surface area (Å²) < 4.78 is 11.6. The minimum atomic E-state index is -0.624. The first-order chi connectivity index (χ1) is 12.0. The minimum absolute atomic E-state index is 0.0802. The van der Waals surface area contributed by atoms with E-state index in [1.54, 1.807) is 14.2 Å². The quantitative estimate of drug-likeness (QED) is 0.624. The van der Waals surface area contributed by atoms with E-state index in [4.69, 9.17) is 15.2 Å². The van der Waals surface area contributed by atoms with Crippen LogP contribution in [-0.2, 0) is 20.7 Å². The van der Waals surface area contributed by atoms with Crippen LogP contribution in [-0.4, -0.2) is 67.9 Å². The molecule has 1 saturated heterocycles. The molecule has 1 saturated carbocycles. The van der Waals surface area contributed by atoms with Gasteiger partial charge in [0.25, 0.3) is 0 Å². The summed E-state index contributed by atoms with van der Waals surface area (Å²) in [5.74, 6) is -0.510. The highest BCUT2D eigenvalue weighted by Gasteiger charge is 2.55. The van der Waals surface area contributed by atoms with Gasteiger partial charge in [-0.1, -0.05) is 12.1 Å². The number of methoxy groups -OCH3 is 2. The number of carbonyl (C=O) groups excluding carboxylic acids is 1. The second-order valence-electron chi connectivity index (χ2n) is 7.08. The standard InChI is InChI=1S/C19H29N3O3/c1-21(17(23)13-14-5-7-15(20)8-6-14)16-9-10-19(24-2,25-3)18(16)22-11-4-12-22/h5-8,16,18H,4,9-13,20H2,1-3H3. The maximum Gasteiger partial charge on any atom is 0.227 e. The Morgan fingerprint density at radius 3 is 2.44 bits per heavy atom. The molecule has 6 nitrogen and oxygen atoms in total. The van der Waals surface area contributed by atoms with Gasteiger partial charge in [0.15, 0.2) is 5.79 Å². The lowest BCUT2D eigenvalue weighted by atomic mass is 10.00. The maximum absolute atomic E-state index is 12.8. The van der Waals surface area contributed by atoms with Gasteiger partial charge in [0.1, 0.15) is 0 Å². The van der Waals surface area contributed by atoms with Crippen molar-refractivity contribution in [3.8, 4) is 0 Å². The summed E-state index contributed by atoms with van der Waals surface area (Å²) in [5.41, 5.74) is 7.41. The van der Waals surface area contributed by atoms with Crippen LogP contribution in [0.5, 0.6) is 0 Å². The number of nitrogen functional groups attached to an aromatic ring is 1. The molecule has 1 aliphatic carbocycles. The van der Waals surface area contributed by atoms with E-state index >= 15 is 0 Å². The lowest BCUT2D eigenvalue weighted by molar-refractivity contribution is -0.241. The summed E-state index contributed by atoms with van der Waals surface area (Å²) >= 11 is 0. The van der Waals surface area contributed by atoms with Gasteiger partial charge in [-0.2, -0.15) is 0 Å². The summed E-state index contributed by atoms with van der Waals surface area (Å²) in [5, 5.41) is 0. The van der Waals surface area contributed by atoms with Crippen molar-refractivity contribution in [1.29, 1.82) is 0 Å². The van der Waals surface area contributed by atoms with Crippen molar-refractivity contribution in [3.05, 3.63) is 29.8 Å². The third-order valence-electron chi connectivity index (χ3n) is 5.80. The van der Waals surface area contributed by atoms with Crippen LogP contribution in [0, 0.1) is 0 Å². The van der Waals surface area contributed by atoms with E-state index in [-0.39, 0.29) is 18.0 Å². The number of likely N-dealkylation sites (N-methyl/N-ethyl adjacent to an activating group) is 1. The Labute approximate surface area is 149 Å². The number of carbonyl (C=O) groups is 1. The van der Waals surface area contributed by atoms with Crippen LogP contribution in [0.1, 0.15) is 24.8 Å². The molecule has 2 fully saturated rings. The highest BCUT2D eigenvalue weighted by atomic mass is 16.7. The van der Waals surface area contributed by atoms with Gasteiger partial charge in [-0.15, -0.1) is 0 Å². The number of anilines is 1. The molecule has 25 heavy (non-hydrogen) atoms. The zero-order valence-electron chi connectivity index (χ0n) is 15.4. The summed E-state index contributed by atoms with van der Waals surface area (Å²) in [4.78, 5) is 17.1. The summed E-state index contributed by atoms with van der Waals surface area (Å²) in [6, 6.07) is 7.68. The average molecular weight is 347 g/mol. The van der Waals surface area contributed by atoms with E-state index in [1.807, 2.05) is 36.2 Å². The fourth-order valence-corrected chi connectivity index (χ4v) is 4.14. The molecule has 2 N–H and O–H groups in total. The molecule has 1 heterocycles. The van der Waals surface area contributed by atoms with Gasteiger partial charge in [-0.3, -0.25) is 9.69 Å². The Hall–Kier alpha value is -1.63. The second kappa shape index (κ2) is 7.32. The lowest BCUT2D eigenvalue weighted by Gasteiger charge is -2.47. The summed E-state index contributed by atoms with van der Waals surface area (Å²) in [6.07, 6.45) is 3.25. The van der Waals surface area contributed by atoms with Crippen LogP contribution in [0.15, 0.2) is 24.3 Å². The number of benzene rings is 1. The molecule has 3 rings (SSSR count). The normalized spacial score (nSPS) is 25.6. The number of likely N-dealkylation sites (tertiary alicyclic amines) is 1. The molecule has 1 aliphatic heterocycles. The Morgan fingerprint density at radius 2 is 1.92 bits per heavy atom. The first-order valence-electron chi connectivity index (χ1n) is 8.95. The summed E-state index contributed by atoms with van der Waals surface area (Å²) in [7, 11) is 5.31. The smallest absolute Gasteiger partial charge is 0.227 e. The van der Waals surface area contributed by atoms with E-state index < -0.39 is 5.79 Å². The van der Waals surface area contributed by atoms with Crippen LogP contribution in [0.2, 0.25) is 0 Å². The number of nitrogens with two attached hydrogens (primary N) is 1. The van der Waals surface area contributed by atoms with Gasteiger partial charge in [-0.05, 0) is 43.6 Å². The number of nitrogens with zero attached hydrogens (tertiary/aromatic N) is 2. The molecule has 2 atom stereocenters. The maximum atomic E-state index is 12.8. The molecule has 2 unspecified atom stereocenters. The van der Waals surface area contributed by atoms with E-state index in [0.29, 0.717) is 12.1 Å². The zero-order chi connectivity index (χ0) is 18.0. The van der Waals surface area contributed by atoms with Crippen LogP contribution in [0.4, 0.5) is 5.69 Å². The fraction of sp³-hybridized carbons (Fsp3) is 0.632. The molecule has 0 aromatic heterocycles. The third-order valence-corrected chi connectivity index (χ3v) is 5.80. The van der Waals surface area contributed by atoms with Gasteiger partial charge in [0.2, 0.25) is 5.91 Å². The van der Waals surface area contributed by atoms with Crippen LogP contribution < -0.4 is 5.73 Å². The number of hydrogen-bond donors (Lipinski definition) is 1. The fourth-order valence-electron chi connectivity index (χ4n) is 4.14. The average Bonchev–Trinajstić information content (AvgIpc) is 2.94. The van der Waals surface area contributed by atoms with Crippen molar-refractivity contribution in [3.63, 3.8) is 0 Å². The van der Waals surface area contributed by atoms with Gasteiger partial charge in [0, 0.05) is 33.4 Å². The van der Waals surface area contributed by atoms with Crippen LogP contribution in [0.3, 0.4) is 0 Å². The topological polar surface area (TPSA) is 68.0 Å². The molecule has 2 aliphatic rings. The molecule has 0 spiro atoms. The van der Waals surface area contributed by atoms with Crippen molar-refractivity contribution in [2.24, 2.45) is 0 Å². The van der Waals surface area contributed by atoms with Gasteiger partial charge < -0.3 is 20.1 Å². The van der Waals surface area contributed by atoms with E-state index in [9.17, 15) is 4.79 Å². The predicted molar refractivity (Wildman–Crippen MR) is 97.1 cm³/mol. The Morgan fingerprint density at radius 1 is 1.28 bits per heavy atom. The number of rotatable bonds is 6. The monoisotopic (exact) mass is 347 g/mol. The Balaban J connectivity index is 1.74. The van der Waals surface area contributed by atoms with Gasteiger partial charge in [-0.25, -0.2) is 0 Å². The SMILES string of the molecule is COC1(OC)CCC(N(C)C(=O)Cc2ccc(N)cc2)C1N1CCC1. The molecule has 1 aromatic rings. The number of hydrogen-bond acceptors (Lipinski definition) is 5. The van der Waals surface area contributed by atoms with E-state index in [2.05, 4.69) is 4.90 Å². The van der Waals surface area contributed by atoms with Crippen molar-refractivity contribution >= 4 is 11.6 Å². The lowest BCUT2D eigenvalue weighted by Crippen LogP contribution is -2.63. The molecular formula is C19H29N3O3. The number of ether oxygens (including phenoxy) is 2. The molecule has 138 valence electrons. The zero-order valence-corrected chi connectivity index (χ0v) is 15.4. The largest absolute Gasteiger partial charge is 0.399 e. The molecule has 1 amide bonds.